The number of hydrogen-bond donors (Lipinski definition) is 2. The molecule has 5 nitrogen and oxygen atoms in total. The van der Waals surface area contributed by atoms with Gasteiger partial charge in [-0.15, -0.1) is 0 Å². The summed E-state index contributed by atoms with van der Waals surface area (Å²) in [4.78, 5) is 25.1. The fourth-order valence-electron chi connectivity index (χ4n) is 4.51. The van der Waals surface area contributed by atoms with E-state index in [1.807, 2.05) is 73.8 Å². The van der Waals surface area contributed by atoms with Gasteiger partial charge in [0.15, 0.2) is 0 Å². The topological polar surface area (TPSA) is 75.6 Å². The molecule has 1 amide bonds. The van der Waals surface area contributed by atoms with Crippen molar-refractivity contribution in [2.24, 2.45) is 0 Å². The Hall–Kier alpha value is -2.20. The summed E-state index contributed by atoms with van der Waals surface area (Å²) in [5, 5.41) is 13.1. The van der Waals surface area contributed by atoms with Crippen LogP contribution < -0.4 is 5.32 Å². The van der Waals surface area contributed by atoms with E-state index in [9.17, 15) is 14.7 Å². The second-order valence-corrected chi connectivity index (χ2v) is 11.1. The van der Waals surface area contributed by atoms with Crippen LogP contribution in [0, 0.1) is 6.92 Å². The van der Waals surface area contributed by atoms with E-state index in [-0.39, 0.29) is 25.0 Å². The van der Waals surface area contributed by atoms with Gasteiger partial charge in [0.25, 0.3) is 5.91 Å². The van der Waals surface area contributed by atoms with Crippen molar-refractivity contribution in [1.82, 2.24) is 5.32 Å². The number of thioether (sulfide) groups is 1. The predicted molar refractivity (Wildman–Crippen MR) is 169 cm³/mol. The molecule has 0 fully saturated rings. The zero-order chi connectivity index (χ0) is 28.2. The zero-order valence-corrected chi connectivity index (χ0v) is 24.5. The molecule has 0 aliphatic heterocycles. The Morgan fingerprint density at radius 1 is 1.02 bits per heavy atom. The van der Waals surface area contributed by atoms with Crippen LogP contribution in [0.25, 0.3) is 11.1 Å². The van der Waals surface area contributed by atoms with Crippen LogP contribution in [0.15, 0.2) is 66.7 Å². The zero-order valence-electron chi connectivity index (χ0n) is 22.9. The Kier molecular flexibility index (Phi) is 14.9. The number of amides is 1. The minimum atomic E-state index is -1.03. The summed E-state index contributed by atoms with van der Waals surface area (Å²) in [6, 6.07) is 20.5. The third-order valence-electron chi connectivity index (χ3n) is 6.75. The Balaban J connectivity index is 0.00000560. The third kappa shape index (κ3) is 10.0. The van der Waals surface area contributed by atoms with Crippen LogP contribution >= 0.6 is 23.4 Å². The summed E-state index contributed by atoms with van der Waals surface area (Å²) in [5.41, 5.74) is 5.18. The summed E-state index contributed by atoms with van der Waals surface area (Å²) >= 11 is 7.97. The van der Waals surface area contributed by atoms with Crippen molar-refractivity contribution in [2.75, 3.05) is 12.0 Å². The first-order chi connectivity index (χ1) is 18.8. The van der Waals surface area contributed by atoms with E-state index in [0.29, 0.717) is 24.3 Å². The number of benzene rings is 3. The van der Waals surface area contributed by atoms with E-state index >= 15 is 0 Å². The van der Waals surface area contributed by atoms with Gasteiger partial charge >= 0.3 is 24.8 Å². The predicted octanol–water partition coefficient (Wildman–Crippen LogP) is 6.92. The van der Waals surface area contributed by atoms with Crippen LogP contribution in [0.1, 0.15) is 59.7 Å². The molecule has 3 aromatic carbocycles. The van der Waals surface area contributed by atoms with Crippen LogP contribution in [0.4, 0.5) is 0 Å². The fraction of sp³-hybridized carbons (Fsp3) is 0.375. The van der Waals surface area contributed by atoms with Crippen molar-refractivity contribution in [2.45, 2.75) is 64.7 Å². The van der Waals surface area contributed by atoms with Crippen molar-refractivity contribution < 1.29 is 19.4 Å². The fourth-order valence-corrected chi connectivity index (χ4v) is 5.19. The van der Waals surface area contributed by atoms with Crippen molar-refractivity contribution in [1.29, 1.82) is 0 Å². The number of rotatable bonds is 15. The number of aliphatic carboxylic acids is 1. The van der Waals surface area contributed by atoms with E-state index in [1.54, 1.807) is 17.8 Å². The van der Waals surface area contributed by atoms with Gasteiger partial charge in [0.1, 0.15) is 6.04 Å². The number of carbonyl (C=O) groups is 2. The van der Waals surface area contributed by atoms with Gasteiger partial charge in [0.05, 0.1) is 12.7 Å². The molecule has 0 bridgehead atoms. The molecule has 3 rings (SSSR count). The molecule has 0 aromatic heterocycles. The second-order valence-electron chi connectivity index (χ2n) is 9.71. The van der Waals surface area contributed by atoms with Gasteiger partial charge in [-0.1, -0.05) is 79.9 Å². The Labute approximate surface area is 259 Å². The third-order valence-corrected chi connectivity index (χ3v) is 7.76. The molecule has 0 saturated carbocycles. The normalized spacial score (nSPS) is 12.3. The molecule has 0 aliphatic rings. The molecular weight excluding hydrogens is 537 g/mol. The molecule has 0 radical (unpaired) electrons. The minimum absolute atomic E-state index is 0. The number of halogens is 1. The monoisotopic (exact) mass is 575 g/mol. The molecule has 0 saturated heterocycles. The SMILES string of the molecule is CCCCC(Cc1ccccc1Cl)OCc1ccc(C(=O)N[C@@H](CCSC)C(=O)O)c(-c2ccccc2C)c1.[LiH]. The number of carbonyl (C=O) groups excluding carboxylic acids is 1. The Morgan fingerprint density at radius 3 is 2.42 bits per heavy atom. The maximum atomic E-state index is 13.3. The quantitative estimate of drug-likeness (QED) is 0.192. The molecule has 40 heavy (non-hydrogen) atoms. The molecule has 0 heterocycles. The summed E-state index contributed by atoms with van der Waals surface area (Å²) in [6.45, 7) is 4.56. The number of aryl methyl sites for hydroxylation is 1. The second kappa shape index (κ2) is 17.6. The summed E-state index contributed by atoms with van der Waals surface area (Å²) in [6.07, 6.45) is 6.10. The number of carboxylic acids is 1. The first-order valence-electron chi connectivity index (χ1n) is 13.4. The van der Waals surface area contributed by atoms with E-state index in [2.05, 4.69) is 12.2 Å². The summed E-state index contributed by atoms with van der Waals surface area (Å²) in [5.74, 6) is -0.781. The first-order valence-corrected chi connectivity index (χ1v) is 15.2. The van der Waals surface area contributed by atoms with Crippen molar-refractivity contribution in [3.8, 4) is 11.1 Å². The van der Waals surface area contributed by atoms with Gasteiger partial charge < -0.3 is 15.2 Å². The van der Waals surface area contributed by atoms with Gasteiger partial charge in [-0.2, -0.15) is 11.8 Å². The summed E-state index contributed by atoms with van der Waals surface area (Å²) in [7, 11) is 0. The molecule has 2 atom stereocenters. The molecule has 8 heteroatoms. The molecule has 1 unspecified atom stereocenters. The van der Waals surface area contributed by atoms with Gasteiger partial charge in [-0.05, 0) is 77.8 Å². The average Bonchev–Trinajstić information content (AvgIpc) is 2.93. The molecule has 0 spiro atoms. The van der Waals surface area contributed by atoms with Crippen molar-refractivity contribution in [3.05, 3.63) is 94.0 Å². The van der Waals surface area contributed by atoms with Crippen molar-refractivity contribution >= 4 is 54.1 Å². The van der Waals surface area contributed by atoms with Crippen LogP contribution in [0.3, 0.4) is 0 Å². The van der Waals surface area contributed by atoms with Gasteiger partial charge in [0.2, 0.25) is 0 Å². The maximum absolute atomic E-state index is 13.3. The number of ether oxygens (including phenoxy) is 1. The molecule has 2 N–H and O–H groups in total. The number of carboxylic acid groups (broad SMARTS) is 1. The number of unbranched alkanes of at least 4 members (excludes halogenated alkanes) is 1. The van der Waals surface area contributed by atoms with Crippen LogP contribution in [0.2, 0.25) is 5.02 Å². The van der Waals surface area contributed by atoms with E-state index in [1.165, 1.54) is 0 Å². The standard InChI is InChI=1S/C32H38ClNO4S.Li.H/c1-4-5-12-25(20-24-11-7-9-14-29(24)33)38-21-23-15-16-27(28(19-23)26-13-8-6-10-22(26)2)31(35)34-30(32(36)37)17-18-39-3;;/h6-11,13-16,19,25,30H,4-5,12,17-18,20-21H2,1-3H3,(H,34,35)(H,36,37);;/t25?,30-;;/m0../s1. The van der Waals surface area contributed by atoms with Gasteiger partial charge in [-0.3, -0.25) is 4.79 Å². The summed E-state index contributed by atoms with van der Waals surface area (Å²) < 4.78 is 6.41. The average molecular weight is 576 g/mol. The van der Waals surface area contributed by atoms with Gasteiger partial charge in [-0.25, -0.2) is 4.79 Å². The van der Waals surface area contributed by atoms with E-state index < -0.39 is 17.9 Å². The van der Waals surface area contributed by atoms with E-state index in [4.69, 9.17) is 16.3 Å². The van der Waals surface area contributed by atoms with Crippen molar-refractivity contribution in [3.63, 3.8) is 0 Å². The van der Waals surface area contributed by atoms with Gasteiger partial charge in [0, 0.05) is 17.0 Å². The van der Waals surface area contributed by atoms with Crippen LogP contribution in [-0.2, 0) is 22.6 Å². The molecular formula is C32H39ClLiNO4S. The Morgan fingerprint density at radius 2 is 1.75 bits per heavy atom. The number of nitrogens with one attached hydrogen (secondary N) is 1. The molecule has 210 valence electrons. The first kappa shape index (κ1) is 34.0. The van der Waals surface area contributed by atoms with E-state index in [0.717, 1.165) is 58.5 Å². The van der Waals surface area contributed by atoms with Crippen LogP contribution in [-0.4, -0.2) is 60.0 Å². The molecule has 0 aliphatic carbocycles. The molecule has 3 aromatic rings. The number of hydrogen-bond acceptors (Lipinski definition) is 4. The Bertz CT molecular complexity index is 1260. The van der Waals surface area contributed by atoms with Crippen LogP contribution in [0.5, 0.6) is 0 Å².